The molecule has 0 saturated heterocycles. The molecule has 0 fully saturated rings. The maximum Gasteiger partial charge on any atom is 0.173 e. The summed E-state index contributed by atoms with van der Waals surface area (Å²) in [5.41, 5.74) is 0. The smallest absolute Gasteiger partial charge is 0.173 e. The van der Waals surface area contributed by atoms with Crippen molar-refractivity contribution in [3.05, 3.63) is 6.42 Å². The number of hydrogen-bond acceptors (Lipinski definition) is 1. The Morgan fingerprint density at radius 2 is 1.57 bits per heavy atom. The normalized spacial score (nSPS) is 13.7. The van der Waals surface area contributed by atoms with Gasteiger partial charge in [-0.1, -0.05) is 20.3 Å². The summed E-state index contributed by atoms with van der Waals surface area (Å²) in [6.45, 7) is 16.0. The maximum absolute atomic E-state index is 6.26. The molecular formula is C11H27OSi2. The summed E-state index contributed by atoms with van der Waals surface area (Å²) in [6, 6.07) is 1.27. The summed E-state index contributed by atoms with van der Waals surface area (Å²) in [5.74, 6) is 0.715. The molecule has 0 aromatic carbocycles. The molecule has 0 aliphatic carbocycles. The van der Waals surface area contributed by atoms with Crippen LogP contribution in [0.3, 0.4) is 0 Å². The lowest BCUT2D eigenvalue weighted by molar-refractivity contribution is 0.544. The average Bonchev–Trinajstić information content (AvgIpc) is 1.78. The SMILES string of the molecule is CC(C)[CH]CC[Si](C)(C)O[Si](C)(C)C. The van der Waals surface area contributed by atoms with Crippen molar-refractivity contribution in [2.24, 2.45) is 5.92 Å². The van der Waals surface area contributed by atoms with Crippen molar-refractivity contribution < 1.29 is 4.12 Å². The molecule has 0 bridgehead atoms. The van der Waals surface area contributed by atoms with Crippen LogP contribution in [-0.4, -0.2) is 16.6 Å². The third-order valence-corrected chi connectivity index (χ3v) is 8.12. The van der Waals surface area contributed by atoms with Crippen molar-refractivity contribution in [1.29, 1.82) is 0 Å². The summed E-state index contributed by atoms with van der Waals surface area (Å²) < 4.78 is 6.26. The van der Waals surface area contributed by atoms with Crippen LogP contribution in [-0.2, 0) is 4.12 Å². The standard InChI is InChI=1S/C11H27OSi2/c1-11(2)9-8-10-14(6,7)12-13(3,4)5/h9,11H,8,10H2,1-7H3. The summed E-state index contributed by atoms with van der Waals surface area (Å²) in [4.78, 5) is 0. The zero-order valence-electron chi connectivity index (χ0n) is 11.0. The van der Waals surface area contributed by atoms with E-state index >= 15 is 0 Å². The van der Waals surface area contributed by atoms with Gasteiger partial charge in [0.15, 0.2) is 16.6 Å². The molecule has 0 rings (SSSR count). The molecule has 85 valence electrons. The van der Waals surface area contributed by atoms with Gasteiger partial charge in [0.05, 0.1) is 0 Å². The number of rotatable bonds is 6. The van der Waals surface area contributed by atoms with E-state index in [9.17, 15) is 0 Å². The molecule has 3 heteroatoms. The van der Waals surface area contributed by atoms with Gasteiger partial charge < -0.3 is 4.12 Å². The topological polar surface area (TPSA) is 9.23 Å². The summed E-state index contributed by atoms with van der Waals surface area (Å²) in [5, 5.41) is 0. The fraction of sp³-hybridized carbons (Fsp3) is 0.909. The van der Waals surface area contributed by atoms with Crippen molar-refractivity contribution in [3.8, 4) is 0 Å². The molecule has 0 heterocycles. The van der Waals surface area contributed by atoms with E-state index in [4.69, 9.17) is 4.12 Å². The molecule has 14 heavy (non-hydrogen) atoms. The number of hydrogen-bond donors (Lipinski definition) is 0. The first-order valence-electron chi connectivity index (χ1n) is 5.66. The van der Waals surface area contributed by atoms with E-state index in [-0.39, 0.29) is 0 Å². The van der Waals surface area contributed by atoms with Crippen LogP contribution in [0, 0.1) is 12.3 Å². The van der Waals surface area contributed by atoms with E-state index < -0.39 is 16.6 Å². The zero-order chi connectivity index (χ0) is 11.4. The monoisotopic (exact) mass is 231 g/mol. The predicted molar refractivity (Wildman–Crippen MR) is 70.5 cm³/mol. The van der Waals surface area contributed by atoms with Crippen molar-refractivity contribution in [1.82, 2.24) is 0 Å². The maximum atomic E-state index is 6.26. The minimum Gasteiger partial charge on any atom is -0.456 e. The van der Waals surface area contributed by atoms with Crippen LogP contribution < -0.4 is 0 Å². The lowest BCUT2D eigenvalue weighted by Gasteiger charge is -2.31. The first kappa shape index (κ1) is 14.4. The summed E-state index contributed by atoms with van der Waals surface area (Å²) >= 11 is 0. The Hall–Kier alpha value is 0.394. The molecule has 1 radical (unpaired) electrons. The van der Waals surface area contributed by atoms with E-state index in [2.05, 4.69) is 53.0 Å². The average molecular weight is 232 g/mol. The molecule has 0 spiro atoms. The molecule has 0 aliphatic rings. The molecule has 0 unspecified atom stereocenters. The second-order valence-electron chi connectivity index (χ2n) is 5.99. The highest BCUT2D eigenvalue weighted by atomic mass is 28.4. The highest BCUT2D eigenvalue weighted by Gasteiger charge is 2.28. The lowest BCUT2D eigenvalue weighted by Crippen LogP contribution is -2.42. The minimum absolute atomic E-state index is 0.715. The fourth-order valence-corrected chi connectivity index (χ4v) is 9.55. The predicted octanol–water partition coefficient (Wildman–Crippen LogP) is 4.29. The highest BCUT2D eigenvalue weighted by molar-refractivity contribution is 6.84. The molecule has 0 N–H and O–H groups in total. The summed E-state index contributed by atoms with van der Waals surface area (Å²) in [7, 11) is -2.70. The van der Waals surface area contributed by atoms with Gasteiger partial charge in [0.25, 0.3) is 0 Å². The first-order valence-corrected chi connectivity index (χ1v) is 12.2. The molecule has 0 aromatic heterocycles. The van der Waals surface area contributed by atoms with Crippen molar-refractivity contribution >= 4 is 16.6 Å². The van der Waals surface area contributed by atoms with Crippen LogP contribution in [0.5, 0.6) is 0 Å². The Morgan fingerprint density at radius 3 is 1.93 bits per heavy atom. The Morgan fingerprint density at radius 1 is 1.07 bits per heavy atom. The van der Waals surface area contributed by atoms with Crippen LogP contribution in [0.25, 0.3) is 0 Å². The lowest BCUT2D eigenvalue weighted by atomic mass is 10.1. The van der Waals surface area contributed by atoms with E-state index in [1.54, 1.807) is 0 Å². The largest absolute Gasteiger partial charge is 0.456 e. The van der Waals surface area contributed by atoms with Crippen molar-refractivity contribution in [3.63, 3.8) is 0 Å². The van der Waals surface area contributed by atoms with E-state index in [1.807, 2.05) is 0 Å². The molecule has 0 aliphatic heterocycles. The second-order valence-corrected chi connectivity index (χ2v) is 15.1. The summed E-state index contributed by atoms with van der Waals surface area (Å²) in [6.07, 6.45) is 3.63. The van der Waals surface area contributed by atoms with Gasteiger partial charge >= 0.3 is 0 Å². The molecule has 1 nitrogen and oxygen atoms in total. The third-order valence-electron chi connectivity index (χ3n) is 1.97. The van der Waals surface area contributed by atoms with E-state index in [0.29, 0.717) is 5.92 Å². The van der Waals surface area contributed by atoms with Gasteiger partial charge in [0.1, 0.15) is 0 Å². The molecule has 0 aromatic rings. The van der Waals surface area contributed by atoms with Crippen LogP contribution in [0.2, 0.25) is 38.8 Å². The van der Waals surface area contributed by atoms with Crippen LogP contribution >= 0.6 is 0 Å². The van der Waals surface area contributed by atoms with E-state index in [1.165, 1.54) is 12.5 Å². The van der Waals surface area contributed by atoms with Gasteiger partial charge in [-0.15, -0.1) is 0 Å². The van der Waals surface area contributed by atoms with Crippen molar-refractivity contribution in [2.75, 3.05) is 0 Å². The van der Waals surface area contributed by atoms with Gasteiger partial charge in [-0.2, -0.15) is 0 Å². The van der Waals surface area contributed by atoms with Crippen LogP contribution in [0.15, 0.2) is 0 Å². The molecular weight excluding hydrogens is 204 g/mol. The molecule has 0 atom stereocenters. The fourth-order valence-electron chi connectivity index (χ4n) is 1.64. The third kappa shape index (κ3) is 8.97. The Labute approximate surface area is 92.5 Å². The molecule has 0 saturated carbocycles. The van der Waals surface area contributed by atoms with Gasteiger partial charge in [0, 0.05) is 0 Å². The van der Waals surface area contributed by atoms with Gasteiger partial charge in [-0.25, -0.2) is 0 Å². The Bertz CT molecular complexity index is 159. The van der Waals surface area contributed by atoms with Crippen LogP contribution in [0.1, 0.15) is 20.3 Å². The first-order chi connectivity index (χ1) is 6.12. The second kappa shape index (κ2) is 5.47. The minimum atomic E-state index is -1.38. The zero-order valence-corrected chi connectivity index (χ0v) is 13.0. The van der Waals surface area contributed by atoms with Crippen LogP contribution in [0.4, 0.5) is 0 Å². The Balaban J connectivity index is 3.84. The van der Waals surface area contributed by atoms with E-state index in [0.717, 1.165) is 0 Å². The van der Waals surface area contributed by atoms with Gasteiger partial charge in [-0.05, 0) is 51.1 Å². The Kier molecular flexibility index (Phi) is 5.62. The highest BCUT2D eigenvalue weighted by Crippen LogP contribution is 2.21. The van der Waals surface area contributed by atoms with Gasteiger partial charge in [0.2, 0.25) is 0 Å². The van der Waals surface area contributed by atoms with Crippen molar-refractivity contribution in [2.45, 2.75) is 59.0 Å². The van der Waals surface area contributed by atoms with Gasteiger partial charge in [-0.3, -0.25) is 0 Å². The molecule has 0 amide bonds. The quantitative estimate of drug-likeness (QED) is 0.620.